The van der Waals surface area contributed by atoms with Gasteiger partial charge in [0.25, 0.3) is 0 Å². The highest BCUT2D eigenvalue weighted by Crippen LogP contribution is 2.24. The molecule has 0 heterocycles. The van der Waals surface area contributed by atoms with Crippen molar-refractivity contribution in [1.82, 2.24) is 0 Å². The molecule has 0 aliphatic carbocycles. The van der Waals surface area contributed by atoms with Gasteiger partial charge in [-0.3, -0.25) is 4.89 Å². The van der Waals surface area contributed by atoms with E-state index >= 15 is 0 Å². The summed E-state index contributed by atoms with van der Waals surface area (Å²) in [6.07, 6.45) is 10.3. The average molecular weight is 413 g/mol. The molecule has 30 heavy (non-hydrogen) atoms. The molecule has 1 atom stereocenters. The van der Waals surface area contributed by atoms with Crippen molar-refractivity contribution in [1.29, 1.82) is 0 Å². The van der Waals surface area contributed by atoms with Gasteiger partial charge in [-0.25, -0.2) is 4.79 Å². The van der Waals surface area contributed by atoms with Gasteiger partial charge in [0, 0.05) is 6.61 Å². The first-order valence-corrected chi connectivity index (χ1v) is 11.4. The fourth-order valence-corrected chi connectivity index (χ4v) is 3.33. The molecule has 0 saturated heterocycles. The third-order valence-corrected chi connectivity index (χ3v) is 5.08. The third-order valence-electron chi connectivity index (χ3n) is 5.08. The number of benzene rings is 2. The van der Waals surface area contributed by atoms with Crippen molar-refractivity contribution < 1.29 is 19.3 Å². The molecule has 4 heteroatoms. The number of carbonyl (C=O) groups excluding carboxylic acids is 1. The normalized spacial score (nSPS) is 11.9. The van der Waals surface area contributed by atoms with E-state index in [-0.39, 0.29) is 6.10 Å². The Morgan fingerprint density at radius 1 is 0.767 bits per heavy atom. The van der Waals surface area contributed by atoms with Crippen LogP contribution in [0.2, 0.25) is 0 Å². The number of hydrogen-bond acceptors (Lipinski definition) is 4. The minimum absolute atomic E-state index is 0.198. The quantitative estimate of drug-likeness (QED) is 0.168. The summed E-state index contributed by atoms with van der Waals surface area (Å²) in [6.45, 7) is 3.49. The van der Waals surface area contributed by atoms with E-state index in [0.717, 1.165) is 45.1 Å². The zero-order valence-electron chi connectivity index (χ0n) is 18.3. The van der Waals surface area contributed by atoms with Crippen LogP contribution in [0, 0.1) is 0 Å². The predicted molar refractivity (Wildman–Crippen MR) is 120 cm³/mol. The third kappa shape index (κ3) is 10.0. The van der Waals surface area contributed by atoms with Crippen LogP contribution in [0.3, 0.4) is 0 Å². The molecule has 2 rings (SSSR count). The Kier molecular flexibility index (Phi) is 12.6. The average Bonchev–Trinajstić information content (AvgIpc) is 2.80. The molecule has 0 bridgehead atoms. The van der Waals surface area contributed by atoms with Crippen LogP contribution in [-0.4, -0.2) is 19.2 Å². The van der Waals surface area contributed by atoms with E-state index in [9.17, 15) is 4.79 Å². The molecular weight excluding hydrogens is 376 g/mol. The highest BCUT2D eigenvalue weighted by atomic mass is 17.2. The Labute approximate surface area is 181 Å². The monoisotopic (exact) mass is 412 g/mol. The molecule has 2 aromatic carbocycles. The number of carbonyl (C=O) groups is 1. The molecule has 2 aromatic rings. The van der Waals surface area contributed by atoms with Gasteiger partial charge in [0.1, 0.15) is 0 Å². The Balaban J connectivity index is 1.53. The minimum Gasteiger partial charge on any atom is -0.374 e. The fraction of sp³-hybridized carbons (Fsp3) is 0.500. The Bertz CT molecular complexity index is 672. The van der Waals surface area contributed by atoms with Crippen LogP contribution < -0.4 is 0 Å². The van der Waals surface area contributed by atoms with E-state index in [1.165, 1.54) is 24.8 Å². The SMILES string of the molecule is CCCCCOC(CCCCCCCOOC(=O)c1ccccc1)c1ccccc1. The van der Waals surface area contributed by atoms with Gasteiger partial charge in [0.15, 0.2) is 0 Å². The maximum atomic E-state index is 11.8. The van der Waals surface area contributed by atoms with E-state index in [4.69, 9.17) is 14.5 Å². The van der Waals surface area contributed by atoms with E-state index < -0.39 is 5.97 Å². The van der Waals surface area contributed by atoms with Crippen LogP contribution in [0.15, 0.2) is 60.7 Å². The lowest BCUT2D eigenvalue weighted by molar-refractivity contribution is -0.241. The van der Waals surface area contributed by atoms with Gasteiger partial charge >= 0.3 is 5.97 Å². The summed E-state index contributed by atoms with van der Waals surface area (Å²) in [5, 5.41) is 0. The molecular formula is C26H36O4. The zero-order chi connectivity index (χ0) is 21.3. The second-order valence-corrected chi connectivity index (χ2v) is 7.59. The zero-order valence-corrected chi connectivity index (χ0v) is 18.3. The summed E-state index contributed by atoms with van der Waals surface area (Å²) < 4.78 is 6.18. The summed E-state index contributed by atoms with van der Waals surface area (Å²) in [7, 11) is 0. The summed E-state index contributed by atoms with van der Waals surface area (Å²) in [6, 6.07) is 19.4. The highest BCUT2D eigenvalue weighted by molar-refractivity contribution is 5.88. The first-order valence-electron chi connectivity index (χ1n) is 11.4. The summed E-state index contributed by atoms with van der Waals surface area (Å²) in [5.74, 6) is -0.443. The van der Waals surface area contributed by atoms with Crippen molar-refractivity contribution in [3.8, 4) is 0 Å². The molecule has 0 aliphatic rings. The number of unbranched alkanes of at least 4 members (excludes halogenated alkanes) is 6. The summed E-state index contributed by atoms with van der Waals surface area (Å²) >= 11 is 0. The van der Waals surface area contributed by atoms with Crippen molar-refractivity contribution in [2.75, 3.05) is 13.2 Å². The topological polar surface area (TPSA) is 44.8 Å². The second-order valence-electron chi connectivity index (χ2n) is 7.59. The van der Waals surface area contributed by atoms with Gasteiger partial charge in [-0.15, -0.1) is 0 Å². The lowest BCUT2D eigenvalue weighted by Gasteiger charge is -2.18. The molecule has 0 radical (unpaired) electrons. The van der Waals surface area contributed by atoms with E-state index in [1.807, 2.05) is 6.07 Å². The first-order chi connectivity index (χ1) is 14.8. The summed E-state index contributed by atoms with van der Waals surface area (Å²) in [5.41, 5.74) is 1.78. The molecule has 0 spiro atoms. The van der Waals surface area contributed by atoms with E-state index in [1.54, 1.807) is 24.3 Å². The molecule has 1 unspecified atom stereocenters. The molecule has 0 aromatic heterocycles. The Morgan fingerprint density at radius 3 is 2.13 bits per heavy atom. The van der Waals surface area contributed by atoms with E-state index in [2.05, 4.69) is 37.3 Å². The fourth-order valence-electron chi connectivity index (χ4n) is 3.33. The molecule has 4 nitrogen and oxygen atoms in total. The summed E-state index contributed by atoms with van der Waals surface area (Å²) in [4.78, 5) is 21.6. The van der Waals surface area contributed by atoms with Crippen LogP contribution in [0.1, 0.15) is 86.7 Å². The maximum absolute atomic E-state index is 11.8. The van der Waals surface area contributed by atoms with Crippen LogP contribution in [0.4, 0.5) is 0 Å². The first kappa shape index (κ1) is 24.1. The smallest absolute Gasteiger partial charge is 0.373 e. The van der Waals surface area contributed by atoms with Crippen LogP contribution in [0.25, 0.3) is 0 Å². The molecule has 0 aliphatic heterocycles. The van der Waals surface area contributed by atoms with Crippen molar-refractivity contribution in [3.05, 3.63) is 71.8 Å². The molecule has 0 N–H and O–H groups in total. The van der Waals surface area contributed by atoms with Gasteiger partial charge in [-0.1, -0.05) is 94.0 Å². The second kappa shape index (κ2) is 15.6. The van der Waals surface area contributed by atoms with Crippen molar-refractivity contribution in [3.63, 3.8) is 0 Å². The van der Waals surface area contributed by atoms with Gasteiger partial charge in [0.05, 0.1) is 18.3 Å². The minimum atomic E-state index is -0.443. The van der Waals surface area contributed by atoms with Gasteiger partial charge < -0.3 is 4.74 Å². The highest BCUT2D eigenvalue weighted by Gasteiger charge is 2.11. The van der Waals surface area contributed by atoms with Crippen LogP contribution in [0.5, 0.6) is 0 Å². The standard InChI is InChI=1S/C26H36O4/c1-2-3-14-21-28-25(23-16-9-7-10-17-23)20-13-5-4-6-15-22-29-30-26(27)24-18-11-8-12-19-24/h7-12,16-19,25H,2-6,13-15,20-22H2,1H3. The van der Waals surface area contributed by atoms with Crippen molar-refractivity contribution in [2.45, 2.75) is 70.8 Å². The number of rotatable bonds is 16. The molecule has 0 fully saturated rings. The van der Waals surface area contributed by atoms with Gasteiger partial charge in [0.2, 0.25) is 0 Å². The number of ether oxygens (including phenoxy) is 1. The van der Waals surface area contributed by atoms with Gasteiger partial charge in [-0.2, -0.15) is 4.89 Å². The largest absolute Gasteiger partial charge is 0.374 e. The van der Waals surface area contributed by atoms with E-state index in [0.29, 0.717) is 12.2 Å². The molecule has 164 valence electrons. The number of hydrogen-bond donors (Lipinski definition) is 0. The lowest BCUT2D eigenvalue weighted by atomic mass is 10.0. The molecule has 0 amide bonds. The predicted octanol–water partition coefficient (Wildman–Crippen LogP) is 7.06. The van der Waals surface area contributed by atoms with Crippen LogP contribution in [-0.2, 0) is 14.5 Å². The molecule has 0 saturated carbocycles. The Hall–Kier alpha value is -2.17. The van der Waals surface area contributed by atoms with Gasteiger partial charge in [-0.05, 0) is 37.0 Å². The van der Waals surface area contributed by atoms with Crippen molar-refractivity contribution >= 4 is 5.97 Å². The van der Waals surface area contributed by atoms with Crippen LogP contribution >= 0.6 is 0 Å². The lowest BCUT2D eigenvalue weighted by Crippen LogP contribution is -2.07. The van der Waals surface area contributed by atoms with Crippen molar-refractivity contribution in [2.24, 2.45) is 0 Å². The Morgan fingerprint density at radius 2 is 1.40 bits per heavy atom. The maximum Gasteiger partial charge on any atom is 0.373 e.